The van der Waals surface area contributed by atoms with Gasteiger partial charge in [-0.05, 0) is 62.2 Å². The summed E-state index contributed by atoms with van der Waals surface area (Å²) in [4.78, 5) is 11.8. The monoisotopic (exact) mass is 366 g/mol. The van der Waals surface area contributed by atoms with E-state index in [0.29, 0.717) is 12.8 Å². The van der Waals surface area contributed by atoms with Crippen molar-refractivity contribution in [3.8, 4) is 0 Å². The molecule has 0 aromatic rings. The van der Waals surface area contributed by atoms with Crippen LogP contribution in [0.4, 0.5) is 8.78 Å². The van der Waals surface area contributed by atoms with Crippen molar-refractivity contribution in [3.05, 3.63) is 23.8 Å². The molecule has 3 nitrogen and oxygen atoms in total. The molecule has 0 aliphatic heterocycles. The molecule has 5 heteroatoms. The van der Waals surface area contributed by atoms with E-state index in [1.807, 2.05) is 13.8 Å². The summed E-state index contributed by atoms with van der Waals surface area (Å²) in [7, 11) is 0. The maximum atomic E-state index is 16.7. The molecule has 26 heavy (non-hydrogen) atoms. The normalized spacial score (nSPS) is 55.8. The first kappa shape index (κ1) is 18.3. The molecule has 0 amide bonds. The summed E-state index contributed by atoms with van der Waals surface area (Å²) in [6.45, 7) is 5.53. The summed E-state index contributed by atoms with van der Waals surface area (Å²) in [6, 6.07) is 0. The molecule has 3 fully saturated rings. The van der Waals surface area contributed by atoms with E-state index in [0.717, 1.165) is 0 Å². The highest BCUT2D eigenvalue weighted by molar-refractivity contribution is 6.01. The molecule has 2 N–H and O–H groups in total. The van der Waals surface area contributed by atoms with E-state index < -0.39 is 40.8 Å². The van der Waals surface area contributed by atoms with Gasteiger partial charge in [0.15, 0.2) is 11.5 Å². The fourth-order valence-corrected chi connectivity index (χ4v) is 6.93. The smallest absolute Gasteiger partial charge is 0.178 e. The lowest BCUT2D eigenvalue weighted by Crippen LogP contribution is -2.68. The summed E-state index contributed by atoms with van der Waals surface area (Å²) in [5, 5.41) is 21.8. The molecule has 0 bridgehead atoms. The number of allylic oxidation sites excluding steroid dienone is 4. The van der Waals surface area contributed by atoms with Crippen LogP contribution in [0.1, 0.15) is 46.5 Å². The number of alkyl halides is 2. The van der Waals surface area contributed by atoms with Crippen molar-refractivity contribution in [1.82, 2.24) is 0 Å². The number of carbonyl (C=O) groups excluding carboxylic acids is 1. The Morgan fingerprint density at radius 3 is 2.62 bits per heavy atom. The molecule has 4 rings (SSSR count). The number of halogens is 2. The van der Waals surface area contributed by atoms with Gasteiger partial charge >= 0.3 is 0 Å². The summed E-state index contributed by atoms with van der Waals surface area (Å²) in [5.74, 6) is -1.18. The molecular weight excluding hydrogens is 338 g/mol. The number of hydrogen-bond donors (Lipinski definition) is 2. The minimum atomic E-state index is -2.04. The topological polar surface area (TPSA) is 57.5 Å². The van der Waals surface area contributed by atoms with E-state index in [2.05, 4.69) is 0 Å². The maximum absolute atomic E-state index is 16.7. The first-order valence-corrected chi connectivity index (χ1v) is 9.76. The molecule has 0 spiro atoms. The number of hydrogen-bond acceptors (Lipinski definition) is 3. The average Bonchev–Trinajstić information content (AvgIpc) is 2.84. The van der Waals surface area contributed by atoms with Gasteiger partial charge in [-0.3, -0.25) is 4.79 Å². The van der Waals surface area contributed by atoms with E-state index >= 15 is 8.78 Å². The van der Waals surface area contributed by atoms with E-state index in [1.165, 1.54) is 18.2 Å². The van der Waals surface area contributed by atoms with Crippen molar-refractivity contribution >= 4 is 5.78 Å². The zero-order chi connectivity index (χ0) is 19.1. The third-order valence-corrected chi connectivity index (χ3v) is 8.31. The lowest BCUT2D eigenvalue weighted by atomic mass is 9.45. The van der Waals surface area contributed by atoms with Crippen LogP contribution in [-0.2, 0) is 4.79 Å². The predicted molar refractivity (Wildman–Crippen MR) is 93.8 cm³/mol. The van der Waals surface area contributed by atoms with Gasteiger partial charge in [0, 0.05) is 16.7 Å². The quantitative estimate of drug-likeness (QED) is 0.749. The second kappa shape index (κ2) is 5.48. The van der Waals surface area contributed by atoms with Gasteiger partial charge in [0.25, 0.3) is 0 Å². The van der Waals surface area contributed by atoms with Crippen LogP contribution < -0.4 is 0 Å². The predicted octanol–water partition coefficient (Wildman–Crippen LogP) is 3.30. The van der Waals surface area contributed by atoms with Crippen LogP contribution in [-0.4, -0.2) is 40.0 Å². The van der Waals surface area contributed by atoms with Crippen LogP contribution in [0.25, 0.3) is 0 Å². The van der Waals surface area contributed by atoms with Crippen LogP contribution >= 0.6 is 0 Å². The third kappa shape index (κ3) is 1.91. The molecule has 0 unspecified atom stereocenters. The minimum Gasteiger partial charge on any atom is -0.392 e. The fourth-order valence-electron chi connectivity index (χ4n) is 6.93. The number of aliphatic hydroxyl groups excluding tert-OH is 2. The molecule has 0 aromatic carbocycles. The van der Waals surface area contributed by atoms with E-state index in [-0.39, 0.29) is 36.0 Å². The standard InChI is InChI=1S/C21H28F2O3/c1-4-20-10-17(25)21(23)14(13(20)7-11(2)18(20)26)9-16(22)15-8-12(24)5-6-19(15,21)3/h5-6,8,11,13-14,16-18,25-26H,4,7,9-10H2,1-3H3/t11-,13+,14+,16+,17+,18-,19+,20+,21+/m1/s1. The molecule has 144 valence electrons. The highest BCUT2D eigenvalue weighted by Crippen LogP contribution is 2.69. The highest BCUT2D eigenvalue weighted by atomic mass is 19.1. The summed E-state index contributed by atoms with van der Waals surface area (Å²) >= 11 is 0. The molecule has 4 aliphatic rings. The summed E-state index contributed by atoms with van der Waals surface area (Å²) in [5.41, 5.74) is -3.78. The molecule has 0 aromatic heterocycles. The van der Waals surface area contributed by atoms with Crippen molar-refractivity contribution in [3.63, 3.8) is 0 Å². The SMILES string of the molecule is CC[C@]12C[C@H](O)[C@@]3(F)[C@@H](C[C@H](F)C4=CC(=O)C=C[C@@]43C)[C@@H]1C[C@@H](C)[C@H]2O. The van der Waals surface area contributed by atoms with Crippen molar-refractivity contribution in [2.45, 2.75) is 70.5 Å². The second-order valence-electron chi connectivity index (χ2n) is 9.19. The van der Waals surface area contributed by atoms with Gasteiger partial charge in [0.05, 0.1) is 12.2 Å². The van der Waals surface area contributed by atoms with Gasteiger partial charge in [-0.15, -0.1) is 0 Å². The lowest BCUT2D eigenvalue weighted by Gasteiger charge is -2.62. The molecule has 0 radical (unpaired) electrons. The van der Waals surface area contributed by atoms with Gasteiger partial charge < -0.3 is 10.2 Å². The van der Waals surface area contributed by atoms with Crippen molar-refractivity contribution in [2.24, 2.45) is 28.6 Å². The number of aliphatic hydroxyl groups is 2. The van der Waals surface area contributed by atoms with E-state index in [9.17, 15) is 15.0 Å². The van der Waals surface area contributed by atoms with Crippen LogP contribution in [0.2, 0.25) is 0 Å². The second-order valence-corrected chi connectivity index (χ2v) is 9.19. The Morgan fingerprint density at radius 1 is 1.27 bits per heavy atom. The Labute approximate surface area is 153 Å². The van der Waals surface area contributed by atoms with Crippen LogP contribution in [0, 0.1) is 28.6 Å². The Kier molecular flexibility index (Phi) is 3.86. The highest BCUT2D eigenvalue weighted by Gasteiger charge is 2.73. The Hall–Kier alpha value is -1.07. The van der Waals surface area contributed by atoms with Crippen molar-refractivity contribution < 1.29 is 23.8 Å². The van der Waals surface area contributed by atoms with E-state index in [1.54, 1.807) is 6.92 Å². The molecule has 4 aliphatic carbocycles. The Bertz CT molecular complexity index is 703. The van der Waals surface area contributed by atoms with Gasteiger partial charge in [-0.25, -0.2) is 8.78 Å². The average molecular weight is 366 g/mol. The zero-order valence-electron chi connectivity index (χ0n) is 15.6. The number of ketones is 1. The van der Waals surface area contributed by atoms with Crippen molar-refractivity contribution in [1.29, 1.82) is 0 Å². The Balaban J connectivity index is 1.87. The zero-order valence-corrected chi connectivity index (χ0v) is 15.6. The summed E-state index contributed by atoms with van der Waals surface area (Å²) < 4.78 is 31.8. The molecule has 9 atom stereocenters. The summed E-state index contributed by atoms with van der Waals surface area (Å²) in [6.07, 6.45) is 2.06. The lowest BCUT2D eigenvalue weighted by molar-refractivity contribution is -0.212. The third-order valence-electron chi connectivity index (χ3n) is 8.31. The molecular formula is C21H28F2O3. The van der Waals surface area contributed by atoms with Crippen LogP contribution in [0.15, 0.2) is 23.8 Å². The van der Waals surface area contributed by atoms with E-state index in [4.69, 9.17) is 0 Å². The molecule has 0 saturated heterocycles. The van der Waals surface area contributed by atoms with Gasteiger partial charge in [-0.2, -0.15) is 0 Å². The fraction of sp³-hybridized carbons (Fsp3) is 0.762. The first-order chi connectivity index (χ1) is 12.1. The van der Waals surface area contributed by atoms with Gasteiger partial charge in [0.2, 0.25) is 0 Å². The van der Waals surface area contributed by atoms with Gasteiger partial charge in [0.1, 0.15) is 6.17 Å². The van der Waals surface area contributed by atoms with Crippen molar-refractivity contribution in [2.75, 3.05) is 0 Å². The maximum Gasteiger partial charge on any atom is 0.178 e. The minimum absolute atomic E-state index is 0.000724. The van der Waals surface area contributed by atoms with Gasteiger partial charge in [-0.1, -0.05) is 19.9 Å². The Morgan fingerprint density at radius 2 is 1.96 bits per heavy atom. The van der Waals surface area contributed by atoms with Crippen LogP contribution in [0.5, 0.6) is 0 Å². The number of rotatable bonds is 1. The van der Waals surface area contributed by atoms with Crippen LogP contribution in [0.3, 0.4) is 0 Å². The number of fused-ring (bicyclic) bond motifs is 5. The largest absolute Gasteiger partial charge is 0.392 e. The number of carbonyl (C=O) groups is 1. The molecule has 3 saturated carbocycles. The first-order valence-electron chi connectivity index (χ1n) is 9.76. The molecule has 0 heterocycles.